The van der Waals surface area contributed by atoms with E-state index in [0.717, 1.165) is 24.2 Å². The van der Waals surface area contributed by atoms with Crippen LogP contribution in [0, 0.1) is 0 Å². The molecule has 1 aromatic carbocycles. The molecule has 2 amide bonds. The minimum Gasteiger partial charge on any atom is -0.352 e. The van der Waals surface area contributed by atoms with Gasteiger partial charge in [0.2, 0.25) is 5.91 Å². The van der Waals surface area contributed by atoms with Crippen LogP contribution < -0.4 is 10.6 Å². The van der Waals surface area contributed by atoms with Gasteiger partial charge in [-0.25, -0.2) is 0 Å². The Bertz CT molecular complexity index is 679. The average Bonchev–Trinajstić information content (AvgIpc) is 3.04. The molecule has 3 rings (SSSR count). The molecule has 0 fully saturated rings. The molecule has 1 aliphatic rings. The predicted octanol–water partition coefficient (Wildman–Crippen LogP) is 1.59. The lowest BCUT2D eigenvalue weighted by Gasteiger charge is -2.17. The monoisotopic (exact) mass is 298 g/mol. The SMILES string of the molecule is O=C1CCc2cc(C(=O)NCCCn3cccn3)ccc2N1. The van der Waals surface area contributed by atoms with Gasteiger partial charge in [-0.1, -0.05) is 0 Å². The maximum Gasteiger partial charge on any atom is 0.251 e. The molecule has 6 nitrogen and oxygen atoms in total. The third-order valence-electron chi connectivity index (χ3n) is 3.67. The number of anilines is 1. The number of amides is 2. The van der Waals surface area contributed by atoms with Crippen molar-refractivity contribution in [2.24, 2.45) is 0 Å². The molecule has 6 heteroatoms. The van der Waals surface area contributed by atoms with Crippen LogP contribution in [0.1, 0.15) is 28.8 Å². The molecule has 0 atom stereocenters. The number of rotatable bonds is 5. The van der Waals surface area contributed by atoms with Gasteiger partial charge < -0.3 is 10.6 Å². The highest BCUT2D eigenvalue weighted by Crippen LogP contribution is 2.23. The van der Waals surface area contributed by atoms with Gasteiger partial charge in [0.15, 0.2) is 0 Å². The van der Waals surface area contributed by atoms with Crippen molar-refractivity contribution in [3.8, 4) is 0 Å². The Kier molecular flexibility index (Phi) is 4.18. The van der Waals surface area contributed by atoms with Crippen molar-refractivity contribution >= 4 is 17.5 Å². The summed E-state index contributed by atoms with van der Waals surface area (Å²) in [6.45, 7) is 1.38. The second-order valence-electron chi connectivity index (χ2n) is 5.30. The maximum absolute atomic E-state index is 12.1. The van der Waals surface area contributed by atoms with Crippen molar-refractivity contribution < 1.29 is 9.59 Å². The quantitative estimate of drug-likeness (QED) is 0.823. The fourth-order valence-corrected chi connectivity index (χ4v) is 2.50. The van der Waals surface area contributed by atoms with E-state index in [4.69, 9.17) is 0 Å². The van der Waals surface area contributed by atoms with Crippen LogP contribution in [-0.2, 0) is 17.8 Å². The van der Waals surface area contributed by atoms with Gasteiger partial charge in [-0.2, -0.15) is 5.10 Å². The van der Waals surface area contributed by atoms with E-state index >= 15 is 0 Å². The van der Waals surface area contributed by atoms with Crippen molar-refractivity contribution in [1.82, 2.24) is 15.1 Å². The Labute approximate surface area is 128 Å². The molecular weight excluding hydrogens is 280 g/mol. The second kappa shape index (κ2) is 6.43. The van der Waals surface area contributed by atoms with Crippen LogP contribution >= 0.6 is 0 Å². The van der Waals surface area contributed by atoms with Crippen molar-refractivity contribution in [2.45, 2.75) is 25.8 Å². The largest absolute Gasteiger partial charge is 0.352 e. The fraction of sp³-hybridized carbons (Fsp3) is 0.312. The maximum atomic E-state index is 12.1. The van der Waals surface area contributed by atoms with E-state index in [0.29, 0.717) is 24.9 Å². The third-order valence-corrected chi connectivity index (χ3v) is 3.67. The molecule has 1 aromatic heterocycles. The van der Waals surface area contributed by atoms with Crippen LogP contribution in [0.2, 0.25) is 0 Å². The number of aromatic nitrogens is 2. The van der Waals surface area contributed by atoms with Gasteiger partial charge in [-0.15, -0.1) is 0 Å². The lowest BCUT2D eigenvalue weighted by atomic mass is 10.00. The van der Waals surface area contributed by atoms with Crippen LogP contribution in [0.5, 0.6) is 0 Å². The van der Waals surface area contributed by atoms with E-state index in [1.54, 1.807) is 18.3 Å². The van der Waals surface area contributed by atoms with E-state index < -0.39 is 0 Å². The molecule has 2 aromatic rings. The number of aryl methyl sites for hydroxylation is 2. The van der Waals surface area contributed by atoms with E-state index in [-0.39, 0.29) is 11.8 Å². The number of carbonyl (C=O) groups is 2. The highest BCUT2D eigenvalue weighted by atomic mass is 16.2. The van der Waals surface area contributed by atoms with Gasteiger partial charge in [0.25, 0.3) is 5.91 Å². The molecule has 2 heterocycles. The molecule has 0 unspecified atom stereocenters. The minimum atomic E-state index is -0.0832. The summed E-state index contributed by atoms with van der Waals surface area (Å²) in [6, 6.07) is 7.28. The van der Waals surface area contributed by atoms with Gasteiger partial charge in [-0.3, -0.25) is 14.3 Å². The first-order chi connectivity index (χ1) is 10.7. The first kappa shape index (κ1) is 14.3. The highest BCUT2D eigenvalue weighted by Gasteiger charge is 2.16. The van der Waals surface area contributed by atoms with Crippen LogP contribution in [0.25, 0.3) is 0 Å². The Hall–Kier alpha value is -2.63. The topological polar surface area (TPSA) is 76.0 Å². The van der Waals surface area contributed by atoms with Crippen molar-refractivity contribution in [2.75, 3.05) is 11.9 Å². The summed E-state index contributed by atoms with van der Waals surface area (Å²) in [5.41, 5.74) is 2.46. The molecular formula is C16H18N4O2. The van der Waals surface area contributed by atoms with Gasteiger partial charge in [0, 0.05) is 43.2 Å². The lowest BCUT2D eigenvalue weighted by Crippen LogP contribution is -2.26. The van der Waals surface area contributed by atoms with E-state index in [1.165, 1.54) is 0 Å². The molecule has 2 N–H and O–H groups in total. The summed E-state index contributed by atoms with van der Waals surface area (Å²) < 4.78 is 1.84. The molecule has 0 aliphatic carbocycles. The van der Waals surface area contributed by atoms with Gasteiger partial charge in [0.05, 0.1) is 0 Å². The summed E-state index contributed by atoms with van der Waals surface area (Å²) in [5, 5.41) is 9.84. The summed E-state index contributed by atoms with van der Waals surface area (Å²) in [6.07, 6.45) is 5.63. The summed E-state index contributed by atoms with van der Waals surface area (Å²) in [7, 11) is 0. The Morgan fingerprint density at radius 2 is 2.27 bits per heavy atom. The molecule has 0 bridgehead atoms. The summed E-state index contributed by atoms with van der Waals surface area (Å²) in [4.78, 5) is 23.5. The zero-order valence-corrected chi connectivity index (χ0v) is 12.2. The van der Waals surface area contributed by atoms with E-state index in [1.807, 2.05) is 23.0 Å². The zero-order valence-electron chi connectivity index (χ0n) is 12.2. The third kappa shape index (κ3) is 3.33. The van der Waals surface area contributed by atoms with Crippen LogP contribution in [0.3, 0.4) is 0 Å². The van der Waals surface area contributed by atoms with Crippen molar-refractivity contribution in [3.05, 3.63) is 47.8 Å². The molecule has 0 saturated heterocycles. The number of fused-ring (bicyclic) bond motifs is 1. The minimum absolute atomic E-state index is 0.0309. The Morgan fingerprint density at radius 1 is 1.36 bits per heavy atom. The van der Waals surface area contributed by atoms with Crippen LogP contribution in [0.4, 0.5) is 5.69 Å². The van der Waals surface area contributed by atoms with Gasteiger partial charge in [-0.05, 0) is 42.7 Å². The Morgan fingerprint density at radius 3 is 3.09 bits per heavy atom. The van der Waals surface area contributed by atoms with Crippen molar-refractivity contribution in [1.29, 1.82) is 0 Å². The standard InChI is InChI=1S/C16H18N4O2/c21-15-6-4-12-11-13(3-5-14(12)19-15)16(22)17-7-1-9-20-10-2-8-18-20/h2-3,5,8,10-11H,1,4,6-7,9H2,(H,17,22)(H,19,21). The average molecular weight is 298 g/mol. The van der Waals surface area contributed by atoms with E-state index in [9.17, 15) is 9.59 Å². The number of nitrogens with one attached hydrogen (secondary N) is 2. The summed E-state index contributed by atoms with van der Waals surface area (Å²) >= 11 is 0. The Balaban J connectivity index is 1.53. The fourth-order valence-electron chi connectivity index (χ4n) is 2.50. The second-order valence-corrected chi connectivity index (χ2v) is 5.30. The highest BCUT2D eigenvalue weighted by molar-refractivity contribution is 5.97. The van der Waals surface area contributed by atoms with Crippen LogP contribution in [-0.4, -0.2) is 28.1 Å². The molecule has 114 valence electrons. The number of carbonyl (C=O) groups excluding carboxylic acids is 2. The summed E-state index contributed by atoms with van der Waals surface area (Å²) in [5.74, 6) is -0.0523. The zero-order chi connectivity index (χ0) is 15.4. The van der Waals surface area contributed by atoms with E-state index in [2.05, 4.69) is 15.7 Å². The van der Waals surface area contributed by atoms with Gasteiger partial charge >= 0.3 is 0 Å². The number of hydrogen-bond acceptors (Lipinski definition) is 3. The number of nitrogens with zero attached hydrogens (tertiary/aromatic N) is 2. The molecule has 22 heavy (non-hydrogen) atoms. The van der Waals surface area contributed by atoms with Gasteiger partial charge in [0.1, 0.15) is 0 Å². The lowest BCUT2D eigenvalue weighted by molar-refractivity contribution is -0.116. The normalized spacial score (nSPS) is 13.4. The molecule has 1 aliphatic heterocycles. The molecule has 0 radical (unpaired) electrons. The predicted molar refractivity (Wildman–Crippen MR) is 82.6 cm³/mol. The number of benzene rings is 1. The first-order valence-corrected chi connectivity index (χ1v) is 7.41. The first-order valence-electron chi connectivity index (χ1n) is 7.41. The molecule has 0 saturated carbocycles. The van der Waals surface area contributed by atoms with Crippen LogP contribution in [0.15, 0.2) is 36.7 Å². The smallest absolute Gasteiger partial charge is 0.251 e. The van der Waals surface area contributed by atoms with Crippen molar-refractivity contribution in [3.63, 3.8) is 0 Å². The number of hydrogen-bond donors (Lipinski definition) is 2. The molecule has 0 spiro atoms.